The van der Waals surface area contributed by atoms with Crippen LogP contribution in [0.15, 0.2) is 23.2 Å². The molecule has 0 atom stereocenters. The summed E-state index contributed by atoms with van der Waals surface area (Å²) in [5.41, 5.74) is 1.26. The van der Waals surface area contributed by atoms with Crippen molar-refractivity contribution < 1.29 is 14.2 Å². The zero-order chi connectivity index (χ0) is 21.1. The number of halogens is 1. The maximum Gasteiger partial charge on any atom is 0.191 e. The van der Waals surface area contributed by atoms with Crippen LogP contribution in [0, 0.1) is 0 Å². The van der Waals surface area contributed by atoms with E-state index in [0.717, 1.165) is 76.2 Å². The molecule has 0 spiro atoms. The van der Waals surface area contributed by atoms with Crippen LogP contribution in [0.1, 0.15) is 32.8 Å². The van der Waals surface area contributed by atoms with Gasteiger partial charge in [-0.15, -0.1) is 24.0 Å². The first-order valence-electron chi connectivity index (χ1n) is 10.6. The molecule has 0 aliphatic carbocycles. The van der Waals surface area contributed by atoms with E-state index in [1.54, 1.807) is 14.2 Å². The number of aryl methyl sites for hydroxylation is 1. The van der Waals surface area contributed by atoms with Gasteiger partial charge in [0.2, 0.25) is 0 Å². The Bertz CT molecular complexity index is 649. The van der Waals surface area contributed by atoms with Crippen molar-refractivity contribution in [2.24, 2.45) is 4.99 Å². The number of hydrogen-bond acceptors (Lipinski definition) is 5. The first-order chi connectivity index (χ1) is 14.0. The second-order valence-corrected chi connectivity index (χ2v) is 7.83. The molecule has 30 heavy (non-hydrogen) atoms. The van der Waals surface area contributed by atoms with E-state index in [1.165, 1.54) is 5.56 Å². The molecule has 0 saturated carbocycles. The fourth-order valence-corrected chi connectivity index (χ4v) is 3.42. The van der Waals surface area contributed by atoms with E-state index in [2.05, 4.69) is 42.4 Å². The number of guanidine groups is 1. The van der Waals surface area contributed by atoms with E-state index in [0.29, 0.717) is 0 Å². The molecular formula is C22H39IN4O3. The highest BCUT2D eigenvalue weighted by molar-refractivity contribution is 14.0. The van der Waals surface area contributed by atoms with Crippen LogP contribution in [0.25, 0.3) is 0 Å². The summed E-state index contributed by atoms with van der Waals surface area (Å²) in [4.78, 5) is 7.29. The molecule has 2 rings (SSSR count). The lowest BCUT2D eigenvalue weighted by Gasteiger charge is -2.39. The summed E-state index contributed by atoms with van der Waals surface area (Å²) < 4.78 is 16.2. The Morgan fingerprint density at radius 3 is 2.47 bits per heavy atom. The van der Waals surface area contributed by atoms with Crippen LogP contribution in [0.4, 0.5) is 0 Å². The van der Waals surface area contributed by atoms with Gasteiger partial charge in [0.05, 0.1) is 34.0 Å². The summed E-state index contributed by atoms with van der Waals surface area (Å²) in [6, 6.07) is 6.09. The number of ether oxygens (including phenoxy) is 3. The lowest BCUT2D eigenvalue weighted by Crippen LogP contribution is -2.52. The molecule has 2 N–H and O–H groups in total. The third-order valence-electron chi connectivity index (χ3n) is 5.22. The highest BCUT2D eigenvalue weighted by Crippen LogP contribution is 2.27. The van der Waals surface area contributed by atoms with Crippen LogP contribution in [0.2, 0.25) is 0 Å². The van der Waals surface area contributed by atoms with Gasteiger partial charge in [-0.05, 0) is 51.3 Å². The number of aliphatic imine (C=N–C) groups is 1. The molecule has 0 radical (unpaired) electrons. The van der Waals surface area contributed by atoms with Gasteiger partial charge in [-0.25, -0.2) is 0 Å². The smallest absolute Gasteiger partial charge is 0.191 e. The molecule has 8 heteroatoms. The SMILES string of the molecule is CCNC(=NCC(C)(C)N1CCOCC1)NCCCc1ccc(OC)c(OC)c1.I. The normalized spacial score (nSPS) is 15.3. The van der Waals surface area contributed by atoms with Crippen molar-refractivity contribution in [3.05, 3.63) is 23.8 Å². The van der Waals surface area contributed by atoms with Gasteiger partial charge in [-0.3, -0.25) is 9.89 Å². The molecule has 0 bridgehead atoms. The Morgan fingerprint density at radius 2 is 1.83 bits per heavy atom. The standard InChI is InChI=1S/C22H38N4O3.HI/c1-6-23-21(25-17-22(2,3)26-12-14-29-15-13-26)24-11-7-8-18-9-10-19(27-4)20(16-18)28-5;/h9-10,16H,6-8,11-15,17H2,1-5H3,(H2,23,24,25);1H. The third-order valence-corrected chi connectivity index (χ3v) is 5.22. The average Bonchev–Trinajstić information content (AvgIpc) is 2.75. The Labute approximate surface area is 199 Å². The molecule has 0 aromatic heterocycles. The molecule has 1 fully saturated rings. The summed E-state index contributed by atoms with van der Waals surface area (Å²) in [6.07, 6.45) is 1.97. The number of nitrogens with zero attached hydrogens (tertiary/aromatic N) is 2. The summed E-state index contributed by atoms with van der Waals surface area (Å²) in [6.45, 7) is 12.6. The van der Waals surface area contributed by atoms with Crippen LogP contribution >= 0.6 is 24.0 Å². The number of hydrogen-bond donors (Lipinski definition) is 2. The summed E-state index contributed by atoms with van der Waals surface area (Å²) >= 11 is 0. The first kappa shape index (κ1) is 26.8. The van der Waals surface area contributed by atoms with Crippen molar-refractivity contribution in [1.82, 2.24) is 15.5 Å². The van der Waals surface area contributed by atoms with Crippen LogP contribution in [-0.4, -0.2) is 76.6 Å². The first-order valence-corrected chi connectivity index (χ1v) is 10.6. The van der Waals surface area contributed by atoms with Crippen LogP contribution in [-0.2, 0) is 11.2 Å². The van der Waals surface area contributed by atoms with E-state index in [-0.39, 0.29) is 29.5 Å². The molecule has 7 nitrogen and oxygen atoms in total. The molecule has 0 amide bonds. The molecule has 1 aromatic carbocycles. The van der Waals surface area contributed by atoms with E-state index in [1.807, 2.05) is 12.1 Å². The highest BCUT2D eigenvalue weighted by atomic mass is 127. The largest absolute Gasteiger partial charge is 0.493 e. The van der Waals surface area contributed by atoms with Gasteiger partial charge in [0.1, 0.15) is 0 Å². The van der Waals surface area contributed by atoms with Gasteiger partial charge < -0.3 is 24.8 Å². The topological polar surface area (TPSA) is 67.4 Å². The van der Waals surface area contributed by atoms with Gasteiger partial charge in [-0.2, -0.15) is 0 Å². The van der Waals surface area contributed by atoms with Crippen molar-refractivity contribution in [2.75, 3.05) is 60.2 Å². The van der Waals surface area contributed by atoms with Gasteiger partial charge in [0, 0.05) is 31.7 Å². The van der Waals surface area contributed by atoms with Gasteiger partial charge in [0.15, 0.2) is 17.5 Å². The fraction of sp³-hybridized carbons (Fsp3) is 0.682. The molecule has 1 aromatic rings. The molecule has 172 valence electrons. The molecule has 1 heterocycles. The minimum Gasteiger partial charge on any atom is -0.493 e. The predicted molar refractivity (Wildman–Crippen MR) is 134 cm³/mol. The predicted octanol–water partition coefficient (Wildman–Crippen LogP) is 2.92. The van der Waals surface area contributed by atoms with Crippen molar-refractivity contribution in [1.29, 1.82) is 0 Å². The second kappa shape index (κ2) is 13.9. The lowest BCUT2D eigenvalue weighted by molar-refractivity contribution is -0.00683. The zero-order valence-electron chi connectivity index (χ0n) is 19.1. The van der Waals surface area contributed by atoms with E-state index in [9.17, 15) is 0 Å². The summed E-state index contributed by atoms with van der Waals surface area (Å²) in [5.74, 6) is 2.41. The van der Waals surface area contributed by atoms with Gasteiger partial charge in [-0.1, -0.05) is 6.07 Å². The molecule has 1 aliphatic heterocycles. The monoisotopic (exact) mass is 534 g/mol. The molecular weight excluding hydrogens is 495 g/mol. The Hall–Kier alpha value is -1.26. The van der Waals surface area contributed by atoms with Crippen molar-refractivity contribution >= 4 is 29.9 Å². The average molecular weight is 534 g/mol. The Morgan fingerprint density at radius 1 is 1.13 bits per heavy atom. The summed E-state index contributed by atoms with van der Waals surface area (Å²) in [5, 5.41) is 6.81. The van der Waals surface area contributed by atoms with Crippen molar-refractivity contribution in [2.45, 2.75) is 39.2 Å². The number of methoxy groups -OCH3 is 2. The van der Waals surface area contributed by atoms with Gasteiger partial charge in [0.25, 0.3) is 0 Å². The maximum absolute atomic E-state index is 5.47. The number of benzene rings is 1. The Kier molecular flexibility index (Phi) is 12.4. The summed E-state index contributed by atoms with van der Waals surface area (Å²) in [7, 11) is 3.32. The molecule has 1 saturated heterocycles. The van der Waals surface area contributed by atoms with Crippen LogP contribution < -0.4 is 20.1 Å². The van der Waals surface area contributed by atoms with E-state index >= 15 is 0 Å². The van der Waals surface area contributed by atoms with Crippen LogP contribution in [0.5, 0.6) is 11.5 Å². The highest BCUT2D eigenvalue weighted by Gasteiger charge is 2.28. The van der Waals surface area contributed by atoms with Crippen molar-refractivity contribution in [3.63, 3.8) is 0 Å². The Balaban J connectivity index is 0.00000450. The molecule has 1 aliphatic rings. The number of morpholine rings is 1. The number of rotatable bonds is 10. The third kappa shape index (κ3) is 8.47. The second-order valence-electron chi connectivity index (χ2n) is 7.83. The maximum atomic E-state index is 5.47. The number of nitrogens with one attached hydrogen (secondary N) is 2. The van der Waals surface area contributed by atoms with Gasteiger partial charge >= 0.3 is 0 Å². The van der Waals surface area contributed by atoms with E-state index < -0.39 is 0 Å². The lowest BCUT2D eigenvalue weighted by atomic mass is 10.0. The fourth-order valence-electron chi connectivity index (χ4n) is 3.42. The minimum atomic E-state index is 0. The van der Waals surface area contributed by atoms with E-state index in [4.69, 9.17) is 19.2 Å². The molecule has 0 unspecified atom stereocenters. The van der Waals surface area contributed by atoms with Crippen LogP contribution in [0.3, 0.4) is 0 Å². The van der Waals surface area contributed by atoms with Crippen molar-refractivity contribution in [3.8, 4) is 11.5 Å². The zero-order valence-corrected chi connectivity index (χ0v) is 21.5. The minimum absolute atomic E-state index is 0. The quantitative estimate of drug-likeness (QED) is 0.208.